The van der Waals surface area contributed by atoms with Gasteiger partial charge in [-0.05, 0) is 86.2 Å². The number of aromatic nitrogens is 1. The van der Waals surface area contributed by atoms with Crippen molar-refractivity contribution in [3.8, 4) is 0 Å². The highest BCUT2D eigenvalue weighted by Crippen LogP contribution is 2.32. The number of nitrogens with zero attached hydrogens (tertiary/aromatic N) is 2. The summed E-state index contributed by atoms with van der Waals surface area (Å²) in [6.07, 6.45) is 5.94. The molecule has 2 aromatic carbocycles. The van der Waals surface area contributed by atoms with E-state index in [2.05, 4.69) is 15.6 Å². The third kappa shape index (κ3) is 7.72. The standard InChI is InChI=1S/C31H35FN4O3/c1-21-18-22(2)20-26(19-21)36(29(38)12-7-11-28(37)35-27-10-5-6-17-33-27)30(23-13-15-24(32)16-14-23)31(39)34-25-8-3-4-9-25/h5-6,10,13-20,25,30H,3-4,7-9,11-12H2,1-2H3,(H,34,39)(H,33,35,37). The second-order valence-electron chi connectivity index (χ2n) is 10.2. The molecule has 1 unspecified atom stereocenters. The molecular formula is C31H35FN4O3. The summed E-state index contributed by atoms with van der Waals surface area (Å²) in [5.41, 5.74) is 3.01. The van der Waals surface area contributed by atoms with E-state index in [1.807, 2.05) is 32.0 Å². The van der Waals surface area contributed by atoms with Gasteiger partial charge in [-0.3, -0.25) is 19.3 Å². The minimum Gasteiger partial charge on any atom is -0.351 e. The van der Waals surface area contributed by atoms with Crippen LogP contribution in [-0.4, -0.2) is 28.7 Å². The average molecular weight is 531 g/mol. The molecule has 1 saturated carbocycles. The number of benzene rings is 2. The molecule has 1 aromatic heterocycles. The van der Waals surface area contributed by atoms with Gasteiger partial charge >= 0.3 is 0 Å². The van der Waals surface area contributed by atoms with Crippen molar-refractivity contribution >= 4 is 29.2 Å². The third-order valence-electron chi connectivity index (χ3n) is 6.87. The average Bonchev–Trinajstić information content (AvgIpc) is 3.40. The predicted molar refractivity (Wildman–Crippen MR) is 150 cm³/mol. The first-order valence-electron chi connectivity index (χ1n) is 13.5. The molecule has 3 aromatic rings. The Bertz CT molecular complexity index is 1270. The van der Waals surface area contributed by atoms with E-state index in [1.54, 1.807) is 36.5 Å². The lowest BCUT2D eigenvalue weighted by molar-refractivity contribution is -0.127. The fourth-order valence-electron chi connectivity index (χ4n) is 5.10. The fraction of sp³-hybridized carbons (Fsp3) is 0.355. The van der Waals surface area contributed by atoms with Gasteiger partial charge in [0.15, 0.2) is 0 Å². The van der Waals surface area contributed by atoms with Crippen molar-refractivity contribution in [3.63, 3.8) is 0 Å². The monoisotopic (exact) mass is 530 g/mol. The Morgan fingerprint density at radius 1 is 0.974 bits per heavy atom. The van der Waals surface area contributed by atoms with E-state index >= 15 is 0 Å². The minimum absolute atomic E-state index is 0.0481. The Balaban J connectivity index is 1.60. The van der Waals surface area contributed by atoms with Crippen LogP contribution in [-0.2, 0) is 14.4 Å². The van der Waals surface area contributed by atoms with E-state index in [0.717, 1.165) is 36.8 Å². The Kier molecular flexibility index (Phi) is 9.41. The van der Waals surface area contributed by atoms with Gasteiger partial charge in [0.25, 0.3) is 0 Å². The summed E-state index contributed by atoms with van der Waals surface area (Å²) < 4.78 is 13.8. The van der Waals surface area contributed by atoms with E-state index in [-0.39, 0.29) is 36.6 Å². The summed E-state index contributed by atoms with van der Waals surface area (Å²) in [5.74, 6) is -0.800. The molecule has 4 rings (SSSR count). The molecule has 7 nitrogen and oxygen atoms in total. The van der Waals surface area contributed by atoms with Gasteiger partial charge < -0.3 is 10.6 Å². The number of amides is 3. The van der Waals surface area contributed by atoms with Crippen LogP contribution in [0.2, 0.25) is 0 Å². The number of pyridine rings is 1. The number of rotatable bonds is 10. The van der Waals surface area contributed by atoms with Crippen molar-refractivity contribution in [2.24, 2.45) is 0 Å². The Morgan fingerprint density at radius 3 is 2.31 bits per heavy atom. The van der Waals surface area contributed by atoms with Crippen molar-refractivity contribution in [2.45, 2.75) is 70.9 Å². The predicted octanol–water partition coefficient (Wildman–Crippen LogP) is 5.78. The second-order valence-corrected chi connectivity index (χ2v) is 10.2. The van der Waals surface area contributed by atoms with Crippen molar-refractivity contribution < 1.29 is 18.8 Å². The number of halogens is 1. The van der Waals surface area contributed by atoms with Gasteiger partial charge in [0.2, 0.25) is 17.7 Å². The van der Waals surface area contributed by atoms with Crippen LogP contribution in [0.3, 0.4) is 0 Å². The van der Waals surface area contributed by atoms with Crippen LogP contribution in [0.1, 0.15) is 67.7 Å². The summed E-state index contributed by atoms with van der Waals surface area (Å²) in [4.78, 5) is 45.7. The number of carbonyl (C=O) groups excluding carboxylic acids is 3. The molecule has 2 N–H and O–H groups in total. The zero-order valence-corrected chi connectivity index (χ0v) is 22.5. The Hall–Kier alpha value is -4.07. The third-order valence-corrected chi connectivity index (χ3v) is 6.87. The first-order chi connectivity index (χ1) is 18.8. The van der Waals surface area contributed by atoms with Crippen LogP contribution < -0.4 is 15.5 Å². The molecule has 1 atom stereocenters. The van der Waals surface area contributed by atoms with Crippen molar-refractivity contribution in [1.29, 1.82) is 0 Å². The molecule has 39 heavy (non-hydrogen) atoms. The molecule has 1 fully saturated rings. The topological polar surface area (TPSA) is 91.4 Å². The molecular weight excluding hydrogens is 495 g/mol. The maximum atomic E-state index is 13.9. The lowest BCUT2D eigenvalue weighted by atomic mass is 10.00. The molecule has 0 spiro atoms. The molecule has 1 aliphatic carbocycles. The Labute approximate surface area is 228 Å². The van der Waals surface area contributed by atoms with Gasteiger partial charge in [-0.15, -0.1) is 0 Å². The van der Waals surface area contributed by atoms with Crippen molar-refractivity contribution in [2.75, 3.05) is 10.2 Å². The SMILES string of the molecule is Cc1cc(C)cc(N(C(=O)CCCC(=O)Nc2ccccn2)C(C(=O)NC2CCCC2)c2ccc(F)cc2)c1. The minimum atomic E-state index is -0.984. The van der Waals surface area contributed by atoms with Gasteiger partial charge in [-0.25, -0.2) is 9.37 Å². The number of hydrogen-bond donors (Lipinski definition) is 2. The number of hydrogen-bond acceptors (Lipinski definition) is 4. The van der Waals surface area contributed by atoms with Gasteiger partial charge in [-0.2, -0.15) is 0 Å². The fourth-order valence-corrected chi connectivity index (χ4v) is 5.10. The molecule has 204 valence electrons. The second kappa shape index (κ2) is 13.1. The maximum absolute atomic E-state index is 13.9. The van der Waals surface area contributed by atoms with Gasteiger partial charge in [0.05, 0.1) is 0 Å². The highest BCUT2D eigenvalue weighted by molar-refractivity contribution is 6.01. The summed E-state index contributed by atoms with van der Waals surface area (Å²) >= 11 is 0. The van der Waals surface area contributed by atoms with Gasteiger partial charge in [0, 0.05) is 30.8 Å². The highest BCUT2D eigenvalue weighted by atomic mass is 19.1. The number of aryl methyl sites for hydroxylation is 2. The molecule has 0 bridgehead atoms. The summed E-state index contributed by atoms with van der Waals surface area (Å²) in [7, 11) is 0. The van der Waals surface area contributed by atoms with E-state index in [4.69, 9.17) is 0 Å². The van der Waals surface area contributed by atoms with Crippen LogP contribution in [0.4, 0.5) is 15.9 Å². The molecule has 1 aliphatic rings. The van der Waals surface area contributed by atoms with E-state index < -0.39 is 11.9 Å². The zero-order chi connectivity index (χ0) is 27.8. The highest BCUT2D eigenvalue weighted by Gasteiger charge is 2.34. The van der Waals surface area contributed by atoms with E-state index in [9.17, 15) is 18.8 Å². The summed E-state index contributed by atoms with van der Waals surface area (Å²) in [5, 5.41) is 5.86. The Morgan fingerprint density at radius 2 is 1.67 bits per heavy atom. The molecule has 0 radical (unpaired) electrons. The summed E-state index contributed by atoms with van der Waals surface area (Å²) in [6, 6.07) is 15.8. The zero-order valence-electron chi connectivity index (χ0n) is 22.5. The normalized spacial score (nSPS) is 14.0. The molecule has 8 heteroatoms. The molecule has 0 saturated heterocycles. The molecule has 3 amide bonds. The van der Waals surface area contributed by atoms with Crippen molar-refractivity contribution in [1.82, 2.24) is 10.3 Å². The van der Waals surface area contributed by atoms with Gasteiger partial charge in [0.1, 0.15) is 17.7 Å². The lowest BCUT2D eigenvalue weighted by Gasteiger charge is -2.33. The van der Waals surface area contributed by atoms with Crippen LogP contribution >= 0.6 is 0 Å². The number of anilines is 2. The van der Waals surface area contributed by atoms with Crippen LogP contribution in [0.15, 0.2) is 66.9 Å². The maximum Gasteiger partial charge on any atom is 0.248 e. The first kappa shape index (κ1) is 28.0. The van der Waals surface area contributed by atoms with Crippen LogP contribution in [0.5, 0.6) is 0 Å². The van der Waals surface area contributed by atoms with Gasteiger partial charge in [-0.1, -0.05) is 37.1 Å². The quantitative estimate of drug-likeness (QED) is 0.348. The van der Waals surface area contributed by atoms with E-state index in [1.165, 1.54) is 17.0 Å². The lowest BCUT2D eigenvalue weighted by Crippen LogP contribution is -2.46. The molecule has 1 heterocycles. The van der Waals surface area contributed by atoms with E-state index in [0.29, 0.717) is 23.5 Å². The first-order valence-corrected chi connectivity index (χ1v) is 13.5. The van der Waals surface area contributed by atoms with Crippen LogP contribution in [0, 0.1) is 19.7 Å². The van der Waals surface area contributed by atoms with Crippen molar-refractivity contribution in [3.05, 3.63) is 89.4 Å². The largest absolute Gasteiger partial charge is 0.351 e. The van der Waals surface area contributed by atoms with Crippen LogP contribution in [0.25, 0.3) is 0 Å². The molecule has 0 aliphatic heterocycles. The number of nitrogens with one attached hydrogen (secondary N) is 2. The smallest absolute Gasteiger partial charge is 0.248 e. The number of carbonyl (C=O) groups is 3. The summed E-state index contributed by atoms with van der Waals surface area (Å²) in [6.45, 7) is 3.87.